The molecule has 1 heteroatoms. The first-order chi connectivity index (χ1) is 13.2. The van der Waals surface area contributed by atoms with Crippen LogP contribution in [0.3, 0.4) is 0 Å². The highest BCUT2D eigenvalue weighted by Gasteiger charge is 2.14. The quantitative estimate of drug-likeness (QED) is 0.283. The first-order valence-corrected chi connectivity index (χ1v) is 11.2. The zero-order chi connectivity index (χ0) is 19.3. The Hall–Kier alpha value is -1.76. The molecule has 0 heterocycles. The molecular weight excluding hydrogens is 326 g/mol. The Balaban J connectivity index is 1.95. The second kappa shape index (κ2) is 12.6. The highest BCUT2D eigenvalue weighted by molar-refractivity contribution is 5.43. The molecule has 0 fully saturated rings. The van der Waals surface area contributed by atoms with Crippen molar-refractivity contribution in [3.05, 3.63) is 65.2 Å². The number of aryl methyl sites for hydroxylation is 1. The van der Waals surface area contributed by atoms with Crippen molar-refractivity contribution in [1.82, 2.24) is 0 Å². The lowest BCUT2D eigenvalue weighted by Crippen LogP contribution is -2.02. The summed E-state index contributed by atoms with van der Waals surface area (Å²) in [5.74, 6) is 0.486. The summed E-state index contributed by atoms with van der Waals surface area (Å²) in [6.07, 6.45) is 14.5. The van der Waals surface area contributed by atoms with Gasteiger partial charge in [-0.05, 0) is 48.1 Å². The molecule has 1 nitrogen and oxygen atoms in total. The van der Waals surface area contributed by atoms with E-state index in [9.17, 15) is 0 Å². The predicted octanol–water partition coefficient (Wildman–Crippen LogP) is 7.88. The van der Waals surface area contributed by atoms with E-state index in [-0.39, 0.29) is 0 Å². The summed E-state index contributed by atoms with van der Waals surface area (Å²) in [4.78, 5) is 0. The molecule has 0 radical (unpaired) electrons. The van der Waals surface area contributed by atoms with E-state index in [0.717, 1.165) is 5.69 Å². The van der Waals surface area contributed by atoms with E-state index in [2.05, 4.69) is 50.2 Å². The van der Waals surface area contributed by atoms with Crippen LogP contribution in [0.2, 0.25) is 0 Å². The molecule has 0 aliphatic rings. The van der Waals surface area contributed by atoms with Gasteiger partial charge < -0.3 is 5.73 Å². The van der Waals surface area contributed by atoms with E-state index in [1.165, 1.54) is 87.3 Å². The van der Waals surface area contributed by atoms with E-state index in [0.29, 0.717) is 5.92 Å². The average molecular weight is 366 g/mol. The van der Waals surface area contributed by atoms with Crippen molar-refractivity contribution < 1.29 is 0 Å². The van der Waals surface area contributed by atoms with Crippen molar-refractivity contribution in [2.75, 3.05) is 5.73 Å². The van der Waals surface area contributed by atoms with Gasteiger partial charge in [-0.15, -0.1) is 0 Å². The van der Waals surface area contributed by atoms with Crippen molar-refractivity contribution in [3.63, 3.8) is 0 Å². The SMILES string of the molecule is CCCCCCCCc1ccc(C(CCCCC)c2ccc(N)cc2)cc1. The first-order valence-electron chi connectivity index (χ1n) is 11.2. The maximum atomic E-state index is 5.89. The summed E-state index contributed by atoms with van der Waals surface area (Å²) in [6, 6.07) is 17.9. The molecule has 0 aliphatic heterocycles. The second-order valence-electron chi connectivity index (χ2n) is 7.97. The van der Waals surface area contributed by atoms with E-state index in [4.69, 9.17) is 5.73 Å². The molecule has 0 saturated heterocycles. The monoisotopic (exact) mass is 365 g/mol. The zero-order valence-corrected chi connectivity index (χ0v) is 17.6. The number of hydrogen-bond donors (Lipinski definition) is 1. The highest BCUT2D eigenvalue weighted by atomic mass is 14.5. The van der Waals surface area contributed by atoms with Crippen LogP contribution in [-0.2, 0) is 6.42 Å². The van der Waals surface area contributed by atoms with Gasteiger partial charge >= 0.3 is 0 Å². The van der Waals surface area contributed by atoms with Crippen LogP contribution in [0.4, 0.5) is 5.69 Å². The molecule has 0 aliphatic carbocycles. The van der Waals surface area contributed by atoms with Crippen LogP contribution < -0.4 is 5.73 Å². The molecule has 27 heavy (non-hydrogen) atoms. The topological polar surface area (TPSA) is 26.0 Å². The number of nitrogens with two attached hydrogens (primary N) is 1. The fraction of sp³-hybridized carbons (Fsp3) is 0.538. The fourth-order valence-corrected chi connectivity index (χ4v) is 3.88. The Bertz CT molecular complexity index is 612. The number of hydrogen-bond acceptors (Lipinski definition) is 1. The van der Waals surface area contributed by atoms with Crippen molar-refractivity contribution in [3.8, 4) is 0 Å². The minimum atomic E-state index is 0.486. The van der Waals surface area contributed by atoms with Crippen LogP contribution in [-0.4, -0.2) is 0 Å². The predicted molar refractivity (Wildman–Crippen MR) is 120 cm³/mol. The molecule has 148 valence electrons. The molecule has 0 spiro atoms. The Labute approximate surface area is 167 Å². The molecule has 0 aromatic heterocycles. The van der Waals surface area contributed by atoms with E-state index in [1.807, 2.05) is 12.1 Å². The summed E-state index contributed by atoms with van der Waals surface area (Å²) in [5, 5.41) is 0. The third-order valence-corrected chi connectivity index (χ3v) is 5.64. The molecule has 1 atom stereocenters. The Morgan fingerprint density at radius 2 is 1.15 bits per heavy atom. The zero-order valence-electron chi connectivity index (χ0n) is 17.6. The van der Waals surface area contributed by atoms with Crippen LogP contribution in [0, 0.1) is 0 Å². The second-order valence-corrected chi connectivity index (χ2v) is 7.97. The van der Waals surface area contributed by atoms with Gasteiger partial charge in [0.2, 0.25) is 0 Å². The molecule has 0 saturated carbocycles. The number of unbranched alkanes of at least 4 members (excludes halogenated alkanes) is 7. The van der Waals surface area contributed by atoms with Crippen molar-refractivity contribution >= 4 is 5.69 Å². The molecule has 2 N–H and O–H groups in total. The highest BCUT2D eigenvalue weighted by Crippen LogP contribution is 2.31. The molecule has 1 unspecified atom stereocenters. The molecule has 0 bridgehead atoms. The molecule has 2 aromatic rings. The van der Waals surface area contributed by atoms with Crippen LogP contribution in [0.15, 0.2) is 48.5 Å². The Morgan fingerprint density at radius 3 is 1.78 bits per heavy atom. The summed E-state index contributed by atoms with van der Waals surface area (Å²) in [6.45, 7) is 4.55. The van der Waals surface area contributed by atoms with Crippen molar-refractivity contribution in [2.24, 2.45) is 0 Å². The van der Waals surface area contributed by atoms with E-state index < -0.39 is 0 Å². The molecule has 0 amide bonds. The Kier molecular flexibility index (Phi) is 10.0. The lowest BCUT2D eigenvalue weighted by atomic mass is 9.86. The third-order valence-electron chi connectivity index (χ3n) is 5.64. The van der Waals surface area contributed by atoms with Gasteiger partial charge in [-0.1, -0.05) is 102 Å². The average Bonchev–Trinajstić information content (AvgIpc) is 2.70. The third kappa shape index (κ3) is 7.79. The summed E-state index contributed by atoms with van der Waals surface area (Å²) < 4.78 is 0. The van der Waals surface area contributed by atoms with Gasteiger partial charge in [-0.25, -0.2) is 0 Å². The van der Waals surface area contributed by atoms with Crippen molar-refractivity contribution in [1.29, 1.82) is 0 Å². The minimum absolute atomic E-state index is 0.486. The largest absolute Gasteiger partial charge is 0.399 e. The number of anilines is 1. The van der Waals surface area contributed by atoms with Gasteiger partial charge in [0.15, 0.2) is 0 Å². The standard InChI is InChI=1S/C26H39N/c1-3-5-7-8-9-11-12-22-14-16-23(17-15-22)26(13-10-6-4-2)24-18-20-25(27)21-19-24/h14-21,26H,3-13,27H2,1-2H3. The van der Waals surface area contributed by atoms with Crippen molar-refractivity contribution in [2.45, 2.75) is 90.4 Å². The van der Waals surface area contributed by atoms with Crippen LogP contribution in [0.5, 0.6) is 0 Å². The van der Waals surface area contributed by atoms with E-state index in [1.54, 1.807) is 0 Å². The minimum Gasteiger partial charge on any atom is -0.399 e. The van der Waals surface area contributed by atoms with E-state index >= 15 is 0 Å². The molecule has 2 rings (SSSR count). The smallest absolute Gasteiger partial charge is 0.0314 e. The molecule has 2 aromatic carbocycles. The van der Waals surface area contributed by atoms with Crippen LogP contribution in [0.25, 0.3) is 0 Å². The fourth-order valence-electron chi connectivity index (χ4n) is 3.88. The maximum Gasteiger partial charge on any atom is 0.0314 e. The van der Waals surface area contributed by atoms with Crippen LogP contribution >= 0.6 is 0 Å². The number of rotatable bonds is 13. The number of nitrogen functional groups attached to an aromatic ring is 1. The van der Waals surface area contributed by atoms with Gasteiger partial charge in [0.25, 0.3) is 0 Å². The lowest BCUT2D eigenvalue weighted by molar-refractivity contribution is 0.607. The first kappa shape index (κ1) is 21.5. The number of benzene rings is 2. The van der Waals surface area contributed by atoms with Gasteiger partial charge in [0.05, 0.1) is 0 Å². The summed E-state index contributed by atoms with van der Waals surface area (Å²) >= 11 is 0. The summed E-state index contributed by atoms with van der Waals surface area (Å²) in [7, 11) is 0. The van der Waals surface area contributed by atoms with Crippen LogP contribution in [0.1, 0.15) is 101 Å². The lowest BCUT2D eigenvalue weighted by Gasteiger charge is -2.19. The normalized spacial score (nSPS) is 12.2. The van der Waals surface area contributed by atoms with Gasteiger partial charge in [-0.2, -0.15) is 0 Å². The van der Waals surface area contributed by atoms with Gasteiger partial charge in [-0.3, -0.25) is 0 Å². The molecular formula is C26H39N. The Morgan fingerprint density at radius 1 is 0.630 bits per heavy atom. The summed E-state index contributed by atoms with van der Waals surface area (Å²) in [5.41, 5.74) is 11.1. The van der Waals surface area contributed by atoms with Gasteiger partial charge in [0.1, 0.15) is 0 Å². The maximum absolute atomic E-state index is 5.89. The van der Waals surface area contributed by atoms with Gasteiger partial charge in [0, 0.05) is 11.6 Å².